The second kappa shape index (κ2) is 3.45. The Morgan fingerprint density at radius 2 is 2.07 bits per heavy atom. The number of aryl methyl sites for hydroxylation is 1. The Hall–Kier alpha value is -1.91. The summed E-state index contributed by atoms with van der Waals surface area (Å²) in [6.07, 6.45) is 0. The van der Waals surface area contributed by atoms with Crippen molar-refractivity contribution in [3.63, 3.8) is 0 Å². The molecule has 5 heteroatoms. The Labute approximate surface area is 81.8 Å². The molecule has 0 saturated carbocycles. The summed E-state index contributed by atoms with van der Waals surface area (Å²) in [7, 11) is 0. The topological polar surface area (TPSA) is 60.6 Å². The van der Waals surface area contributed by atoms with Crippen LogP contribution in [0.5, 0.6) is 0 Å². The van der Waals surface area contributed by atoms with Crippen LogP contribution in [-0.4, -0.2) is 15.1 Å². The van der Waals surface area contributed by atoms with Gasteiger partial charge in [0, 0.05) is 0 Å². The van der Waals surface area contributed by atoms with Crippen LogP contribution in [0.15, 0.2) is 30.3 Å². The zero-order valence-corrected chi connectivity index (χ0v) is 7.96. The highest BCUT2D eigenvalue weighted by Gasteiger charge is 2.15. The highest BCUT2D eigenvalue weighted by molar-refractivity contribution is 5.33. The fourth-order valence-electron chi connectivity index (χ4n) is 1.27. The van der Waals surface area contributed by atoms with Crippen molar-refractivity contribution in [3.8, 4) is 5.69 Å². The molecule has 2 aromatic rings. The molecule has 0 amide bonds. The molecule has 0 atom stereocenters. The van der Waals surface area contributed by atoms with Crippen molar-refractivity contribution in [3.05, 3.63) is 30.3 Å². The van der Waals surface area contributed by atoms with E-state index in [1.165, 1.54) is 0 Å². The molecule has 1 aromatic heterocycles. The molecular weight excluding hydrogens is 178 g/mol. The summed E-state index contributed by atoms with van der Waals surface area (Å²) in [5.41, 5.74) is 6.77. The molecular formula is C9H12N5+. The number of nitrogens with zero attached hydrogens (tertiary/aromatic N) is 4. The lowest BCUT2D eigenvalue weighted by atomic mass is 10.3. The van der Waals surface area contributed by atoms with Gasteiger partial charge in [-0.05, 0) is 19.1 Å². The standard InChI is InChI=1S/C9H11N5/c1-2-13-9(10)14(12-11-13)8-6-4-3-5-7-8/h3-7,10H,2H2,1H3/p+1. The van der Waals surface area contributed by atoms with Crippen molar-refractivity contribution in [2.45, 2.75) is 13.5 Å². The predicted molar refractivity (Wildman–Crippen MR) is 51.6 cm³/mol. The van der Waals surface area contributed by atoms with Gasteiger partial charge in [-0.1, -0.05) is 22.9 Å². The van der Waals surface area contributed by atoms with E-state index in [0.29, 0.717) is 5.95 Å². The van der Waals surface area contributed by atoms with E-state index in [9.17, 15) is 0 Å². The van der Waals surface area contributed by atoms with E-state index in [1.54, 1.807) is 9.36 Å². The lowest BCUT2D eigenvalue weighted by Gasteiger charge is -1.94. The zero-order chi connectivity index (χ0) is 9.97. The van der Waals surface area contributed by atoms with Gasteiger partial charge in [0.05, 0.1) is 11.8 Å². The monoisotopic (exact) mass is 190 g/mol. The number of tetrazole rings is 1. The van der Waals surface area contributed by atoms with Gasteiger partial charge in [0.25, 0.3) is 0 Å². The maximum Gasteiger partial charge on any atom is 0.367 e. The minimum Gasteiger partial charge on any atom is -0.306 e. The van der Waals surface area contributed by atoms with Gasteiger partial charge < -0.3 is 5.73 Å². The van der Waals surface area contributed by atoms with Crippen LogP contribution in [0.1, 0.15) is 6.92 Å². The smallest absolute Gasteiger partial charge is 0.306 e. The largest absolute Gasteiger partial charge is 0.367 e. The first-order valence-corrected chi connectivity index (χ1v) is 4.49. The molecule has 1 heterocycles. The Morgan fingerprint density at radius 3 is 2.64 bits per heavy atom. The maximum absolute atomic E-state index is 5.85. The third-order valence-electron chi connectivity index (χ3n) is 2.02. The number of nitrogens with two attached hydrogens (primary N) is 1. The van der Waals surface area contributed by atoms with Crippen molar-refractivity contribution in [1.29, 1.82) is 0 Å². The molecule has 5 nitrogen and oxygen atoms in total. The van der Waals surface area contributed by atoms with Crippen LogP contribution >= 0.6 is 0 Å². The normalized spacial score (nSPS) is 10.4. The molecule has 0 spiro atoms. The van der Waals surface area contributed by atoms with Gasteiger partial charge in [-0.25, -0.2) is 0 Å². The van der Waals surface area contributed by atoms with Gasteiger partial charge in [-0.2, -0.15) is 0 Å². The minimum absolute atomic E-state index is 0.540. The second-order valence-electron chi connectivity index (χ2n) is 2.90. The van der Waals surface area contributed by atoms with E-state index in [2.05, 4.69) is 10.4 Å². The summed E-state index contributed by atoms with van der Waals surface area (Å²) in [6.45, 7) is 2.69. The summed E-state index contributed by atoms with van der Waals surface area (Å²) in [4.78, 5) is 0. The average Bonchev–Trinajstić information content (AvgIpc) is 2.61. The first kappa shape index (κ1) is 8.68. The van der Waals surface area contributed by atoms with E-state index >= 15 is 0 Å². The van der Waals surface area contributed by atoms with Gasteiger partial charge in [0.1, 0.15) is 10.9 Å². The molecule has 2 N–H and O–H groups in total. The van der Waals surface area contributed by atoms with Crippen molar-refractivity contribution < 1.29 is 4.68 Å². The summed E-state index contributed by atoms with van der Waals surface area (Å²) in [5.74, 6) is 0.540. The summed E-state index contributed by atoms with van der Waals surface area (Å²) in [6, 6.07) is 9.69. The van der Waals surface area contributed by atoms with Gasteiger partial charge in [-0.15, -0.1) is 4.68 Å². The van der Waals surface area contributed by atoms with Crippen molar-refractivity contribution in [2.75, 3.05) is 5.73 Å². The van der Waals surface area contributed by atoms with Crippen LogP contribution in [0.3, 0.4) is 0 Å². The maximum atomic E-state index is 5.85. The Balaban J connectivity index is 2.48. The van der Waals surface area contributed by atoms with Crippen molar-refractivity contribution >= 4 is 5.95 Å². The van der Waals surface area contributed by atoms with Crippen LogP contribution in [0, 0.1) is 0 Å². The number of aromatic nitrogens is 4. The number of nitrogen functional groups attached to an aromatic ring is 1. The molecule has 0 radical (unpaired) electrons. The van der Waals surface area contributed by atoms with Gasteiger partial charge in [0.2, 0.25) is 0 Å². The van der Waals surface area contributed by atoms with Gasteiger partial charge >= 0.3 is 5.95 Å². The van der Waals surface area contributed by atoms with Crippen molar-refractivity contribution in [2.24, 2.45) is 0 Å². The van der Waals surface area contributed by atoms with Crippen LogP contribution in [0.2, 0.25) is 0 Å². The fourth-order valence-corrected chi connectivity index (χ4v) is 1.27. The lowest BCUT2D eigenvalue weighted by Crippen LogP contribution is -2.37. The SMILES string of the molecule is CC[n+]1nnn(-c2ccccc2)c1N. The number of hydrogen-bond donors (Lipinski definition) is 1. The molecule has 2 rings (SSSR count). The highest BCUT2D eigenvalue weighted by Crippen LogP contribution is 2.06. The highest BCUT2D eigenvalue weighted by atomic mass is 15.6. The van der Waals surface area contributed by atoms with E-state index in [0.717, 1.165) is 12.2 Å². The molecule has 72 valence electrons. The minimum atomic E-state index is 0.540. The van der Waals surface area contributed by atoms with E-state index in [4.69, 9.17) is 5.73 Å². The molecule has 0 aliphatic carbocycles. The third kappa shape index (κ3) is 1.32. The lowest BCUT2D eigenvalue weighted by molar-refractivity contribution is -0.738. The summed E-state index contributed by atoms with van der Waals surface area (Å²) in [5, 5.41) is 7.88. The summed E-state index contributed by atoms with van der Waals surface area (Å²) >= 11 is 0. The molecule has 14 heavy (non-hydrogen) atoms. The number of para-hydroxylation sites is 1. The Kier molecular flexibility index (Phi) is 2.14. The van der Waals surface area contributed by atoms with Crippen molar-refractivity contribution in [1.82, 2.24) is 15.1 Å². The van der Waals surface area contributed by atoms with E-state index in [-0.39, 0.29) is 0 Å². The Bertz CT molecular complexity index is 420. The number of hydrogen-bond acceptors (Lipinski definition) is 3. The Morgan fingerprint density at radius 1 is 1.36 bits per heavy atom. The molecule has 1 aromatic carbocycles. The van der Waals surface area contributed by atoms with Crippen LogP contribution in [-0.2, 0) is 6.54 Å². The summed E-state index contributed by atoms with van der Waals surface area (Å²) < 4.78 is 3.26. The molecule has 0 bridgehead atoms. The number of benzene rings is 1. The molecule has 0 unspecified atom stereocenters. The second-order valence-corrected chi connectivity index (χ2v) is 2.90. The first-order chi connectivity index (χ1) is 6.83. The molecule has 0 fully saturated rings. The molecule has 0 aliphatic rings. The molecule has 0 aliphatic heterocycles. The number of rotatable bonds is 2. The van der Waals surface area contributed by atoms with Gasteiger partial charge in [-0.3, -0.25) is 0 Å². The van der Waals surface area contributed by atoms with Gasteiger partial charge in [0.15, 0.2) is 0 Å². The molecule has 0 saturated heterocycles. The van der Waals surface area contributed by atoms with Crippen LogP contribution in [0.4, 0.5) is 5.95 Å². The zero-order valence-electron chi connectivity index (χ0n) is 7.96. The third-order valence-corrected chi connectivity index (χ3v) is 2.02. The average molecular weight is 190 g/mol. The number of anilines is 1. The predicted octanol–water partition coefficient (Wildman–Crippen LogP) is 0.157. The quantitative estimate of drug-likeness (QED) is 0.686. The fraction of sp³-hybridized carbons (Fsp3) is 0.222. The van der Waals surface area contributed by atoms with E-state index in [1.807, 2.05) is 37.3 Å². The van der Waals surface area contributed by atoms with Crippen LogP contribution < -0.4 is 10.4 Å². The van der Waals surface area contributed by atoms with Crippen LogP contribution in [0.25, 0.3) is 5.69 Å². The first-order valence-electron chi connectivity index (χ1n) is 4.49. The van der Waals surface area contributed by atoms with E-state index < -0.39 is 0 Å².